The lowest BCUT2D eigenvalue weighted by Crippen LogP contribution is -2.47. The van der Waals surface area contributed by atoms with Gasteiger partial charge in [-0.1, -0.05) is 30.3 Å². The van der Waals surface area contributed by atoms with Gasteiger partial charge in [0.2, 0.25) is 0 Å². The van der Waals surface area contributed by atoms with Crippen molar-refractivity contribution >= 4 is 17.7 Å². The molecule has 2 N–H and O–H groups in total. The SMILES string of the molecule is CN=C(NCC(C)N(C)Cc1ccccc1)NC1CCC(SC)C1. The van der Waals surface area contributed by atoms with Gasteiger partial charge in [0, 0.05) is 37.5 Å². The Balaban J connectivity index is 1.74. The van der Waals surface area contributed by atoms with Crippen LogP contribution in [0.3, 0.4) is 0 Å². The summed E-state index contributed by atoms with van der Waals surface area (Å²) >= 11 is 1.99. The molecule has 0 spiro atoms. The number of hydrogen-bond donors (Lipinski definition) is 2. The Morgan fingerprint density at radius 1 is 1.33 bits per heavy atom. The van der Waals surface area contributed by atoms with Crippen LogP contribution in [0.4, 0.5) is 0 Å². The maximum Gasteiger partial charge on any atom is 0.191 e. The quantitative estimate of drug-likeness (QED) is 0.587. The Labute approximate surface area is 151 Å². The molecule has 1 aliphatic carbocycles. The summed E-state index contributed by atoms with van der Waals surface area (Å²) in [6, 6.07) is 11.6. The molecular formula is C19H32N4S. The number of aliphatic imine (C=N–C) groups is 1. The zero-order chi connectivity index (χ0) is 17.4. The molecule has 24 heavy (non-hydrogen) atoms. The summed E-state index contributed by atoms with van der Waals surface area (Å²) in [5.41, 5.74) is 1.35. The fourth-order valence-electron chi connectivity index (χ4n) is 3.10. The van der Waals surface area contributed by atoms with Gasteiger partial charge in [-0.2, -0.15) is 11.8 Å². The molecule has 1 aliphatic rings. The molecule has 0 amide bonds. The summed E-state index contributed by atoms with van der Waals surface area (Å²) in [6.07, 6.45) is 6.01. The molecule has 2 rings (SSSR count). The molecule has 4 nitrogen and oxygen atoms in total. The van der Waals surface area contributed by atoms with Crippen LogP contribution >= 0.6 is 11.8 Å². The first-order valence-electron chi connectivity index (χ1n) is 8.86. The standard InChI is InChI=1S/C19H32N4S/c1-15(23(3)14-16-8-6-5-7-9-16)13-21-19(20-2)22-17-10-11-18(12-17)24-4/h5-9,15,17-18H,10-14H2,1-4H3,(H2,20,21,22). The smallest absolute Gasteiger partial charge is 0.191 e. The highest BCUT2D eigenvalue weighted by molar-refractivity contribution is 7.99. The molecule has 0 bridgehead atoms. The molecular weight excluding hydrogens is 316 g/mol. The van der Waals surface area contributed by atoms with E-state index >= 15 is 0 Å². The minimum Gasteiger partial charge on any atom is -0.355 e. The highest BCUT2D eigenvalue weighted by Gasteiger charge is 2.24. The molecule has 0 aromatic heterocycles. The maximum absolute atomic E-state index is 4.39. The van der Waals surface area contributed by atoms with Crippen molar-refractivity contribution in [3.63, 3.8) is 0 Å². The normalized spacial score (nSPS) is 22.6. The highest BCUT2D eigenvalue weighted by Crippen LogP contribution is 2.27. The fourth-order valence-corrected chi connectivity index (χ4v) is 3.90. The van der Waals surface area contributed by atoms with Crippen molar-refractivity contribution in [2.45, 2.75) is 50.1 Å². The van der Waals surface area contributed by atoms with E-state index in [1.54, 1.807) is 0 Å². The van der Waals surface area contributed by atoms with Crippen molar-refractivity contribution < 1.29 is 0 Å². The van der Waals surface area contributed by atoms with Gasteiger partial charge < -0.3 is 10.6 Å². The van der Waals surface area contributed by atoms with E-state index in [2.05, 4.69) is 71.1 Å². The average molecular weight is 349 g/mol. The average Bonchev–Trinajstić information content (AvgIpc) is 3.06. The lowest BCUT2D eigenvalue weighted by molar-refractivity contribution is 0.249. The first kappa shape index (κ1) is 19.1. The molecule has 1 fully saturated rings. The van der Waals surface area contributed by atoms with E-state index < -0.39 is 0 Å². The first-order valence-corrected chi connectivity index (χ1v) is 10.1. The van der Waals surface area contributed by atoms with E-state index in [0.717, 1.165) is 24.3 Å². The second-order valence-corrected chi connectivity index (χ2v) is 7.85. The van der Waals surface area contributed by atoms with Gasteiger partial charge in [0.25, 0.3) is 0 Å². The van der Waals surface area contributed by atoms with Crippen molar-refractivity contribution in [3.8, 4) is 0 Å². The van der Waals surface area contributed by atoms with E-state index in [0.29, 0.717) is 12.1 Å². The highest BCUT2D eigenvalue weighted by atomic mass is 32.2. The minimum atomic E-state index is 0.436. The molecule has 3 unspecified atom stereocenters. The largest absolute Gasteiger partial charge is 0.355 e. The summed E-state index contributed by atoms with van der Waals surface area (Å²) in [7, 11) is 4.03. The summed E-state index contributed by atoms with van der Waals surface area (Å²) in [5.74, 6) is 0.932. The monoisotopic (exact) mass is 348 g/mol. The van der Waals surface area contributed by atoms with Crippen LogP contribution in [0.15, 0.2) is 35.3 Å². The van der Waals surface area contributed by atoms with Gasteiger partial charge in [-0.15, -0.1) is 0 Å². The van der Waals surface area contributed by atoms with E-state index in [9.17, 15) is 0 Å². The summed E-state index contributed by atoms with van der Waals surface area (Å²) in [4.78, 5) is 6.76. The second kappa shape index (κ2) is 9.94. The Kier molecular flexibility index (Phi) is 7.92. The third-order valence-corrected chi connectivity index (χ3v) is 5.97. The van der Waals surface area contributed by atoms with Gasteiger partial charge in [0.1, 0.15) is 0 Å². The third kappa shape index (κ3) is 6.02. The molecule has 1 saturated carbocycles. The molecule has 5 heteroatoms. The zero-order valence-electron chi connectivity index (χ0n) is 15.5. The van der Waals surface area contributed by atoms with Gasteiger partial charge >= 0.3 is 0 Å². The molecule has 0 heterocycles. The van der Waals surface area contributed by atoms with E-state index in [1.807, 2.05) is 18.8 Å². The number of nitrogens with one attached hydrogen (secondary N) is 2. The predicted molar refractivity (Wildman–Crippen MR) is 107 cm³/mol. The van der Waals surface area contributed by atoms with Crippen LogP contribution in [-0.2, 0) is 6.54 Å². The van der Waals surface area contributed by atoms with Gasteiger partial charge in [0.05, 0.1) is 0 Å². The van der Waals surface area contributed by atoms with E-state index in [1.165, 1.54) is 24.8 Å². The van der Waals surface area contributed by atoms with Crippen LogP contribution in [0.25, 0.3) is 0 Å². The van der Waals surface area contributed by atoms with E-state index in [-0.39, 0.29) is 0 Å². The topological polar surface area (TPSA) is 39.7 Å². The Bertz CT molecular complexity index is 505. The van der Waals surface area contributed by atoms with Crippen LogP contribution in [0.1, 0.15) is 31.7 Å². The molecule has 0 aliphatic heterocycles. The number of rotatable bonds is 7. The number of hydrogen-bond acceptors (Lipinski definition) is 3. The number of thioether (sulfide) groups is 1. The molecule has 134 valence electrons. The van der Waals surface area contributed by atoms with Crippen LogP contribution < -0.4 is 10.6 Å². The first-order chi connectivity index (χ1) is 11.6. The lowest BCUT2D eigenvalue weighted by atomic mass is 10.2. The summed E-state index contributed by atoms with van der Waals surface area (Å²) in [5, 5.41) is 7.87. The van der Waals surface area contributed by atoms with Crippen LogP contribution in [-0.4, -0.2) is 55.1 Å². The number of likely N-dealkylation sites (N-methyl/N-ethyl adjacent to an activating group) is 1. The number of guanidine groups is 1. The van der Waals surface area contributed by atoms with Crippen LogP contribution in [0.2, 0.25) is 0 Å². The molecule has 1 aromatic carbocycles. The number of nitrogens with zero attached hydrogens (tertiary/aromatic N) is 2. The molecule has 3 atom stereocenters. The van der Waals surface area contributed by atoms with Crippen molar-refractivity contribution in [1.82, 2.24) is 15.5 Å². The summed E-state index contributed by atoms with van der Waals surface area (Å²) < 4.78 is 0. The Hall–Kier alpha value is -1.20. The van der Waals surface area contributed by atoms with Gasteiger partial charge in [-0.25, -0.2) is 0 Å². The van der Waals surface area contributed by atoms with Crippen LogP contribution in [0, 0.1) is 0 Å². The van der Waals surface area contributed by atoms with Gasteiger partial charge in [0.15, 0.2) is 5.96 Å². The lowest BCUT2D eigenvalue weighted by Gasteiger charge is -2.26. The van der Waals surface area contributed by atoms with Crippen LogP contribution in [0.5, 0.6) is 0 Å². The van der Waals surface area contributed by atoms with Crippen molar-refractivity contribution in [2.75, 3.05) is 26.9 Å². The third-order valence-electron chi connectivity index (χ3n) is 4.87. The van der Waals surface area contributed by atoms with Crippen molar-refractivity contribution in [3.05, 3.63) is 35.9 Å². The predicted octanol–water partition coefficient (Wildman–Crippen LogP) is 2.96. The fraction of sp³-hybridized carbons (Fsp3) is 0.632. The van der Waals surface area contributed by atoms with Gasteiger partial charge in [-0.05, 0) is 45.1 Å². The summed E-state index contributed by atoms with van der Waals surface area (Å²) in [6.45, 7) is 4.11. The second-order valence-electron chi connectivity index (χ2n) is 6.71. The van der Waals surface area contributed by atoms with Gasteiger partial charge in [-0.3, -0.25) is 9.89 Å². The molecule has 0 saturated heterocycles. The number of benzene rings is 1. The maximum atomic E-state index is 4.39. The van der Waals surface area contributed by atoms with Crippen molar-refractivity contribution in [2.24, 2.45) is 4.99 Å². The minimum absolute atomic E-state index is 0.436. The zero-order valence-corrected chi connectivity index (χ0v) is 16.3. The van der Waals surface area contributed by atoms with E-state index in [4.69, 9.17) is 0 Å². The van der Waals surface area contributed by atoms with Crippen molar-refractivity contribution in [1.29, 1.82) is 0 Å². The molecule has 1 aromatic rings. The Morgan fingerprint density at radius 3 is 2.71 bits per heavy atom. The Morgan fingerprint density at radius 2 is 2.08 bits per heavy atom. The molecule has 0 radical (unpaired) electrons.